The van der Waals surface area contributed by atoms with Crippen LogP contribution in [0.5, 0.6) is 0 Å². The van der Waals surface area contributed by atoms with E-state index in [2.05, 4.69) is 4.98 Å². The Morgan fingerprint density at radius 1 is 1.43 bits per heavy atom. The third-order valence-corrected chi connectivity index (χ3v) is 1.93. The standard InChI is InChI=1S/C8H7Cl2NO3/c9-6-1-4(2-7(10)11-6)5(12)3-8(13)14/h1-2,5,12H,3H2,(H,13,14)/t5-/m1/s1. The summed E-state index contributed by atoms with van der Waals surface area (Å²) in [5, 5.41) is 18.1. The molecule has 6 heteroatoms. The Morgan fingerprint density at radius 3 is 2.36 bits per heavy atom. The second-order valence-electron chi connectivity index (χ2n) is 2.66. The number of hydrogen-bond donors (Lipinski definition) is 2. The topological polar surface area (TPSA) is 70.4 Å². The lowest BCUT2D eigenvalue weighted by atomic mass is 10.1. The minimum atomic E-state index is -1.12. The molecule has 1 aromatic heterocycles. The van der Waals surface area contributed by atoms with E-state index in [9.17, 15) is 9.90 Å². The van der Waals surface area contributed by atoms with Crippen molar-refractivity contribution in [2.45, 2.75) is 12.5 Å². The number of aliphatic carboxylic acids is 1. The van der Waals surface area contributed by atoms with Crippen molar-refractivity contribution in [2.24, 2.45) is 0 Å². The van der Waals surface area contributed by atoms with Crippen LogP contribution in [0.2, 0.25) is 10.3 Å². The summed E-state index contributed by atoms with van der Waals surface area (Å²) in [5.74, 6) is -1.10. The van der Waals surface area contributed by atoms with Gasteiger partial charge in [-0.2, -0.15) is 0 Å². The van der Waals surface area contributed by atoms with Gasteiger partial charge in [0.2, 0.25) is 0 Å². The first-order valence-electron chi connectivity index (χ1n) is 3.72. The van der Waals surface area contributed by atoms with Crippen molar-refractivity contribution in [3.63, 3.8) is 0 Å². The van der Waals surface area contributed by atoms with Crippen molar-refractivity contribution in [1.82, 2.24) is 4.98 Å². The summed E-state index contributed by atoms with van der Waals surface area (Å²) in [5.41, 5.74) is 0.345. The number of hydrogen-bond acceptors (Lipinski definition) is 3. The Bertz CT molecular complexity index is 336. The molecule has 1 aromatic rings. The second kappa shape index (κ2) is 4.59. The molecular weight excluding hydrogens is 229 g/mol. The predicted molar refractivity (Wildman–Crippen MR) is 51.5 cm³/mol. The summed E-state index contributed by atoms with van der Waals surface area (Å²) in [7, 11) is 0. The number of rotatable bonds is 3. The van der Waals surface area contributed by atoms with E-state index < -0.39 is 18.5 Å². The molecule has 0 fully saturated rings. The normalized spacial score (nSPS) is 12.5. The van der Waals surface area contributed by atoms with Crippen LogP contribution in [0.4, 0.5) is 0 Å². The molecule has 0 radical (unpaired) electrons. The highest BCUT2D eigenvalue weighted by molar-refractivity contribution is 6.32. The van der Waals surface area contributed by atoms with Gasteiger partial charge in [0.15, 0.2) is 0 Å². The Labute approximate surface area is 90.1 Å². The van der Waals surface area contributed by atoms with Crippen LogP contribution in [0.15, 0.2) is 12.1 Å². The molecule has 1 atom stereocenters. The molecule has 0 amide bonds. The van der Waals surface area contributed by atoms with Crippen LogP contribution in [0.3, 0.4) is 0 Å². The van der Waals surface area contributed by atoms with E-state index in [0.717, 1.165) is 0 Å². The number of nitrogens with zero attached hydrogens (tertiary/aromatic N) is 1. The van der Waals surface area contributed by atoms with Crippen LogP contribution in [0.25, 0.3) is 0 Å². The number of pyridine rings is 1. The Hall–Kier alpha value is -0.840. The summed E-state index contributed by atoms with van der Waals surface area (Å²) in [4.78, 5) is 14.0. The summed E-state index contributed by atoms with van der Waals surface area (Å²) in [6.07, 6.45) is -1.51. The van der Waals surface area contributed by atoms with Gasteiger partial charge in [-0.25, -0.2) is 4.98 Å². The van der Waals surface area contributed by atoms with Crippen LogP contribution < -0.4 is 0 Å². The molecule has 0 spiro atoms. The fraction of sp³-hybridized carbons (Fsp3) is 0.250. The maximum absolute atomic E-state index is 10.3. The summed E-state index contributed by atoms with van der Waals surface area (Å²) in [6, 6.07) is 2.75. The molecule has 0 bridgehead atoms. The zero-order chi connectivity index (χ0) is 10.7. The predicted octanol–water partition coefficient (Wildman–Crippen LogP) is 1.90. The largest absolute Gasteiger partial charge is 0.481 e. The number of carboxylic acid groups (broad SMARTS) is 1. The molecule has 0 aliphatic carbocycles. The van der Waals surface area contributed by atoms with Crippen molar-refractivity contribution in [3.05, 3.63) is 28.0 Å². The third-order valence-electron chi connectivity index (χ3n) is 1.54. The second-order valence-corrected chi connectivity index (χ2v) is 3.43. The quantitative estimate of drug-likeness (QED) is 0.786. The highest BCUT2D eigenvalue weighted by atomic mass is 35.5. The van der Waals surface area contributed by atoms with E-state index in [1.165, 1.54) is 12.1 Å². The molecule has 0 unspecified atom stereocenters. The summed E-state index contributed by atoms with van der Waals surface area (Å²) in [6.45, 7) is 0. The lowest BCUT2D eigenvalue weighted by Gasteiger charge is -2.08. The minimum absolute atomic E-state index is 0.122. The molecule has 0 aromatic carbocycles. The van der Waals surface area contributed by atoms with E-state index in [4.69, 9.17) is 28.3 Å². The molecule has 4 nitrogen and oxygen atoms in total. The third kappa shape index (κ3) is 3.14. The number of aliphatic hydroxyl groups excluding tert-OH is 1. The molecule has 1 rings (SSSR count). The number of halogens is 2. The fourth-order valence-corrected chi connectivity index (χ4v) is 1.44. The van der Waals surface area contributed by atoms with E-state index in [0.29, 0.717) is 5.56 Å². The van der Waals surface area contributed by atoms with Crippen LogP contribution >= 0.6 is 23.2 Å². The Balaban J connectivity index is 2.89. The maximum atomic E-state index is 10.3. The minimum Gasteiger partial charge on any atom is -0.481 e. The molecule has 0 aliphatic rings. The van der Waals surface area contributed by atoms with Gasteiger partial charge >= 0.3 is 5.97 Å². The van der Waals surface area contributed by atoms with Gasteiger partial charge in [-0.1, -0.05) is 23.2 Å². The number of carboxylic acids is 1. The van der Waals surface area contributed by atoms with Gasteiger partial charge in [0.05, 0.1) is 12.5 Å². The van der Waals surface area contributed by atoms with Gasteiger partial charge in [-0.05, 0) is 17.7 Å². The molecule has 0 aliphatic heterocycles. The zero-order valence-electron chi connectivity index (χ0n) is 6.94. The van der Waals surface area contributed by atoms with Crippen LogP contribution in [0, 0.1) is 0 Å². The van der Waals surface area contributed by atoms with E-state index in [1.807, 2.05) is 0 Å². The van der Waals surface area contributed by atoms with Crippen LogP contribution in [-0.2, 0) is 4.79 Å². The van der Waals surface area contributed by atoms with Crippen molar-refractivity contribution < 1.29 is 15.0 Å². The molecule has 0 saturated carbocycles. The van der Waals surface area contributed by atoms with Crippen molar-refractivity contribution in [1.29, 1.82) is 0 Å². The molecule has 14 heavy (non-hydrogen) atoms. The molecule has 1 heterocycles. The number of carbonyl (C=O) groups is 1. The van der Waals surface area contributed by atoms with Crippen LogP contribution in [-0.4, -0.2) is 21.2 Å². The van der Waals surface area contributed by atoms with E-state index in [-0.39, 0.29) is 10.3 Å². The molecule has 76 valence electrons. The SMILES string of the molecule is O=C(O)C[C@@H](O)c1cc(Cl)nc(Cl)c1. The Morgan fingerprint density at radius 2 is 1.93 bits per heavy atom. The monoisotopic (exact) mass is 235 g/mol. The van der Waals surface area contributed by atoms with Crippen molar-refractivity contribution in [2.75, 3.05) is 0 Å². The maximum Gasteiger partial charge on any atom is 0.306 e. The van der Waals surface area contributed by atoms with Gasteiger partial charge in [0.25, 0.3) is 0 Å². The lowest BCUT2D eigenvalue weighted by Crippen LogP contribution is -2.05. The first-order chi connectivity index (χ1) is 6.49. The summed E-state index contributed by atoms with van der Waals surface area (Å²) >= 11 is 11.2. The van der Waals surface area contributed by atoms with Crippen molar-refractivity contribution >= 4 is 29.2 Å². The molecular formula is C8H7Cl2NO3. The van der Waals surface area contributed by atoms with Crippen LogP contribution in [0.1, 0.15) is 18.1 Å². The van der Waals surface area contributed by atoms with Gasteiger partial charge in [-0.15, -0.1) is 0 Å². The first kappa shape index (κ1) is 11.2. The fourth-order valence-electron chi connectivity index (χ4n) is 0.959. The zero-order valence-corrected chi connectivity index (χ0v) is 8.46. The average Bonchev–Trinajstić information content (AvgIpc) is 2.00. The van der Waals surface area contributed by atoms with Crippen molar-refractivity contribution in [3.8, 4) is 0 Å². The van der Waals surface area contributed by atoms with E-state index >= 15 is 0 Å². The smallest absolute Gasteiger partial charge is 0.306 e. The molecule has 0 saturated heterocycles. The Kier molecular flexibility index (Phi) is 3.69. The van der Waals surface area contributed by atoms with Gasteiger partial charge in [0, 0.05) is 0 Å². The van der Waals surface area contributed by atoms with Gasteiger partial charge in [0.1, 0.15) is 10.3 Å². The molecule has 2 N–H and O–H groups in total. The number of aliphatic hydroxyl groups is 1. The van der Waals surface area contributed by atoms with Gasteiger partial charge < -0.3 is 10.2 Å². The lowest BCUT2D eigenvalue weighted by molar-refractivity contribution is -0.139. The first-order valence-corrected chi connectivity index (χ1v) is 4.47. The highest BCUT2D eigenvalue weighted by Crippen LogP contribution is 2.22. The summed E-state index contributed by atoms with van der Waals surface area (Å²) < 4.78 is 0. The number of aromatic nitrogens is 1. The highest BCUT2D eigenvalue weighted by Gasteiger charge is 2.13. The van der Waals surface area contributed by atoms with E-state index in [1.54, 1.807) is 0 Å². The van der Waals surface area contributed by atoms with Gasteiger partial charge in [-0.3, -0.25) is 4.79 Å². The average molecular weight is 236 g/mol.